The van der Waals surface area contributed by atoms with E-state index < -0.39 is 27.7 Å². The highest BCUT2D eigenvalue weighted by Gasteiger charge is 2.63. The molecule has 4 aromatic rings. The Bertz CT molecular complexity index is 1880. The van der Waals surface area contributed by atoms with E-state index in [1.165, 1.54) is 163 Å². The molecule has 0 saturated heterocycles. The van der Waals surface area contributed by atoms with Crippen molar-refractivity contribution in [2.24, 2.45) is 0 Å². The van der Waals surface area contributed by atoms with Gasteiger partial charge in [0.05, 0.1) is 30.5 Å². The monoisotopic (exact) mass is 1310 g/mol. The Morgan fingerprint density at radius 2 is 0.560 bits per heavy atom. The van der Waals surface area contributed by atoms with Gasteiger partial charge in [0.25, 0.3) is 0 Å². The quantitative estimate of drug-likeness (QED) is 0.0240. The van der Waals surface area contributed by atoms with Gasteiger partial charge in [0.15, 0.2) is 0 Å². The second-order valence-electron chi connectivity index (χ2n) is 24.1. The molecule has 0 N–H and O–H groups in total. The van der Waals surface area contributed by atoms with E-state index in [9.17, 15) is 0 Å². The minimum Gasteiger partial charge on any atom is -0.373 e. The number of thiazole rings is 2. The first kappa shape index (κ1) is 76.3. The third kappa shape index (κ3) is 27.7. The highest BCUT2D eigenvalue weighted by atomic mass is 33.7. The molecule has 0 spiro atoms. The first-order valence-corrected chi connectivity index (χ1v) is 44.6. The van der Waals surface area contributed by atoms with Crippen LogP contribution in [0.15, 0.2) is 48.5 Å². The Balaban J connectivity index is 1.71. The normalized spacial score (nSPS) is 13.9. The lowest BCUT2D eigenvalue weighted by Crippen LogP contribution is -2.63. The highest BCUT2D eigenvalue weighted by Crippen LogP contribution is 2.53. The zero-order valence-electron chi connectivity index (χ0n) is 54.5. The molecule has 0 fully saturated rings. The number of fused-ring (bicyclic) bond motifs is 2. The fraction of sp³-hybridized carbons (Fsp3) is 0.794. The van der Waals surface area contributed by atoms with Crippen LogP contribution in [0.1, 0.15) is 297 Å². The van der Waals surface area contributed by atoms with Gasteiger partial charge in [0, 0.05) is 51.1 Å². The summed E-state index contributed by atoms with van der Waals surface area (Å²) in [7, 11) is 0.557. The Morgan fingerprint density at radius 1 is 0.333 bits per heavy atom. The summed E-state index contributed by atoms with van der Waals surface area (Å²) in [6.07, 6.45) is 43.4. The van der Waals surface area contributed by atoms with Gasteiger partial charge >= 0.3 is 17.6 Å². The molecule has 482 valence electrons. The smallest absolute Gasteiger partial charge is 0.373 e. The zero-order valence-corrected chi connectivity index (χ0v) is 61.4. The molecule has 16 heteroatoms. The van der Waals surface area contributed by atoms with Gasteiger partial charge in [-0.2, -0.15) is 0 Å². The minimum absolute atomic E-state index is 0.594. The SMILES string of the molecule is CCCCCCCCO[Si](OCCCCCCCC)(OCCCCCCCC)C(C)(CSSSSCC(C)(c1nc2ccccc2s1)[Si](OCCCCCCCC)(OCCCCCCCC)OCCCCCCCC)c1nc2ccccc2s1. The second kappa shape index (κ2) is 47.7. The Kier molecular flexibility index (Phi) is 43.3. The maximum atomic E-state index is 7.45. The van der Waals surface area contributed by atoms with Gasteiger partial charge in [-0.05, 0) is 96.3 Å². The van der Waals surface area contributed by atoms with Crippen LogP contribution in [0.4, 0.5) is 0 Å². The maximum Gasteiger partial charge on any atom is 0.515 e. The van der Waals surface area contributed by atoms with Gasteiger partial charge in [-0.3, -0.25) is 0 Å². The summed E-state index contributed by atoms with van der Waals surface area (Å²) in [5.74, 6) is 1.50. The molecule has 0 bridgehead atoms. The van der Waals surface area contributed by atoms with Crippen molar-refractivity contribution in [1.29, 1.82) is 0 Å². The average molecular weight is 1310 g/mol. The van der Waals surface area contributed by atoms with E-state index in [1.54, 1.807) is 0 Å². The molecule has 0 aliphatic carbocycles. The topological polar surface area (TPSA) is 81.2 Å². The molecule has 84 heavy (non-hydrogen) atoms. The fourth-order valence-corrected chi connectivity index (χ4v) is 28.7. The maximum absolute atomic E-state index is 7.45. The van der Waals surface area contributed by atoms with Crippen LogP contribution in [0.5, 0.6) is 0 Å². The number of benzene rings is 2. The largest absolute Gasteiger partial charge is 0.515 e. The number of hydrogen-bond acceptors (Lipinski definition) is 14. The molecular weight excluding hydrogens is 1190 g/mol. The molecule has 2 atom stereocenters. The Morgan fingerprint density at radius 3 is 0.798 bits per heavy atom. The standard InChI is InChI=1S/C68H120N2O6S6Si2/c1-9-15-21-27-33-43-53-71-83(72-54-44-34-28-22-16-10-2,73-55-45-35-29-23-17-11-3)67(7,65-69-61-49-39-41-51-63(61)79-65)59-77-81-82-78-60-68(8,66-70-62-50-40-42-52-64(62)80-66)84(74-56-46-36-30-24-18-12-4,75-57-47-37-31-25-19-13-5)76-58-48-38-32-26-20-14-6/h39-42,49-52H,9-38,43-48,53-60H2,1-8H3. The lowest BCUT2D eigenvalue weighted by molar-refractivity contribution is 0.0349. The lowest BCUT2D eigenvalue weighted by atomic mass is 10.1. The molecule has 0 amide bonds. The van der Waals surface area contributed by atoms with Gasteiger partial charge in [0.2, 0.25) is 0 Å². The summed E-state index contributed by atoms with van der Waals surface area (Å²) in [5, 5.41) is 0.953. The van der Waals surface area contributed by atoms with E-state index >= 15 is 0 Å². The van der Waals surface area contributed by atoms with Crippen LogP contribution in [0.25, 0.3) is 20.4 Å². The first-order valence-electron chi connectivity index (χ1n) is 34.3. The molecule has 4 rings (SSSR count). The van der Waals surface area contributed by atoms with Crippen LogP contribution in [0, 0.1) is 0 Å². The van der Waals surface area contributed by atoms with Crippen LogP contribution < -0.4 is 0 Å². The number of rotatable bonds is 59. The first-order chi connectivity index (χ1) is 41.2. The summed E-state index contributed by atoms with van der Waals surface area (Å²) < 4.78 is 47.1. The fourth-order valence-electron chi connectivity index (χ4n) is 10.8. The lowest BCUT2D eigenvalue weighted by Gasteiger charge is -2.42. The van der Waals surface area contributed by atoms with Gasteiger partial charge < -0.3 is 26.6 Å². The average Bonchev–Trinajstić information content (AvgIpc) is 1.94. The summed E-state index contributed by atoms with van der Waals surface area (Å²) in [4.78, 5) is 11.0. The Labute approximate surface area is 540 Å². The summed E-state index contributed by atoms with van der Waals surface area (Å²) in [6, 6.07) is 17.3. The van der Waals surface area contributed by atoms with Crippen molar-refractivity contribution in [3.05, 3.63) is 58.5 Å². The van der Waals surface area contributed by atoms with E-state index in [0.717, 1.165) is 110 Å². The molecule has 0 aliphatic heterocycles. The summed E-state index contributed by atoms with van der Waals surface area (Å²) in [5.41, 5.74) is 2.07. The molecule has 0 radical (unpaired) electrons. The molecular formula is C68H120N2O6S6Si2. The van der Waals surface area contributed by atoms with Crippen molar-refractivity contribution >= 4 is 102 Å². The molecule has 2 aromatic carbocycles. The predicted molar refractivity (Wildman–Crippen MR) is 382 cm³/mol. The summed E-state index contributed by atoms with van der Waals surface area (Å²) >= 11 is 3.61. The van der Waals surface area contributed by atoms with Crippen molar-refractivity contribution in [1.82, 2.24) is 9.97 Å². The third-order valence-corrected chi connectivity index (χ3v) is 33.8. The molecule has 2 heterocycles. The highest BCUT2D eigenvalue weighted by molar-refractivity contribution is 9.26. The van der Waals surface area contributed by atoms with Crippen LogP contribution in [0.3, 0.4) is 0 Å². The van der Waals surface area contributed by atoms with E-state index in [2.05, 4.69) is 104 Å². The number of nitrogens with zero attached hydrogens (tertiary/aromatic N) is 2. The predicted octanol–water partition coefficient (Wildman–Crippen LogP) is 24.0. The van der Waals surface area contributed by atoms with Crippen molar-refractivity contribution in [3.8, 4) is 0 Å². The van der Waals surface area contributed by atoms with Crippen molar-refractivity contribution in [2.45, 2.75) is 297 Å². The van der Waals surface area contributed by atoms with Crippen LogP contribution in [-0.4, -0.2) is 78.7 Å². The van der Waals surface area contributed by atoms with E-state index in [1.807, 2.05) is 63.9 Å². The van der Waals surface area contributed by atoms with Gasteiger partial charge in [-0.15, -0.1) is 22.7 Å². The van der Waals surface area contributed by atoms with Crippen molar-refractivity contribution in [3.63, 3.8) is 0 Å². The van der Waals surface area contributed by atoms with Crippen LogP contribution in [-0.2, 0) is 36.6 Å². The summed E-state index contributed by atoms with van der Waals surface area (Å²) in [6.45, 7) is 22.4. The van der Waals surface area contributed by atoms with E-state index in [4.69, 9.17) is 36.5 Å². The number of aromatic nitrogens is 2. The van der Waals surface area contributed by atoms with Crippen LogP contribution in [0.2, 0.25) is 0 Å². The molecule has 8 nitrogen and oxygen atoms in total. The number of hydrogen-bond donors (Lipinski definition) is 0. The minimum atomic E-state index is -3.49. The van der Waals surface area contributed by atoms with Crippen LogP contribution >= 0.6 is 63.9 Å². The van der Waals surface area contributed by atoms with E-state index in [-0.39, 0.29) is 0 Å². The third-order valence-electron chi connectivity index (χ3n) is 16.4. The molecule has 0 aliphatic rings. The van der Waals surface area contributed by atoms with Gasteiger partial charge in [0.1, 0.15) is 10.0 Å². The number of para-hydroxylation sites is 2. The van der Waals surface area contributed by atoms with Crippen molar-refractivity contribution in [2.75, 3.05) is 51.1 Å². The van der Waals surface area contributed by atoms with Gasteiger partial charge in [-0.1, -0.05) is 280 Å². The molecule has 0 saturated carbocycles. The molecule has 2 aromatic heterocycles. The second-order valence-corrected chi connectivity index (χ2v) is 38.3. The number of unbranched alkanes of at least 4 members (excludes halogenated alkanes) is 30. The molecule has 2 unspecified atom stereocenters. The zero-order chi connectivity index (χ0) is 60.1. The van der Waals surface area contributed by atoms with E-state index in [0.29, 0.717) is 39.6 Å². The van der Waals surface area contributed by atoms with Gasteiger partial charge in [-0.25, -0.2) is 9.97 Å². The Hall–Kier alpha value is -0.186. The van der Waals surface area contributed by atoms with Crippen molar-refractivity contribution < 1.29 is 26.6 Å².